The number of nitriles is 1. The molecule has 0 saturated heterocycles. The van der Waals surface area contributed by atoms with Gasteiger partial charge in [-0.2, -0.15) is 5.26 Å². The zero-order valence-electron chi connectivity index (χ0n) is 10.7. The van der Waals surface area contributed by atoms with Crippen molar-refractivity contribution in [2.75, 3.05) is 0 Å². The van der Waals surface area contributed by atoms with Crippen LogP contribution in [0.2, 0.25) is 0 Å². The number of amides is 1. The Morgan fingerprint density at radius 2 is 2.35 bits per heavy atom. The first-order chi connectivity index (χ1) is 9.65. The predicted molar refractivity (Wildman–Crippen MR) is 71.6 cm³/mol. The normalized spacial score (nSPS) is 10.1. The maximum atomic E-state index is 13.7. The quantitative estimate of drug-likeness (QED) is 0.934. The first kappa shape index (κ1) is 14.1. The highest BCUT2D eigenvalue weighted by Gasteiger charge is 2.15. The Bertz CT molecular complexity index is 677. The van der Waals surface area contributed by atoms with Crippen LogP contribution in [0.4, 0.5) is 4.39 Å². The molecule has 0 bridgehead atoms. The number of nitrogens with zero attached hydrogens (tertiary/aromatic N) is 3. The number of aryl methyl sites for hydroxylation is 1. The molecule has 0 radical (unpaired) electrons. The Hall–Kier alpha value is -2.33. The van der Waals surface area contributed by atoms with Crippen LogP contribution in [0.1, 0.15) is 33.4 Å². The van der Waals surface area contributed by atoms with Crippen molar-refractivity contribution in [3.05, 3.63) is 45.7 Å². The highest BCUT2D eigenvalue weighted by molar-refractivity contribution is 7.08. The Labute approximate surface area is 119 Å². The second kappa shape index (κ2) is 6.21. The summed E-state index contributed by atoms with van der Waals surface area (Å²) in [6.07, 6.45) is 0.616. The molecule has 102 valence electrons. The van der Waals surface area contributed by atoms with Crippen LogP contribution in [-0.4, -0.2) is 15.5 Å². The van der Waals surface area contributed by atoms with Gasteiger partial charge in [-0.05, 0) is 30.1 Å². The minimum atomic E-state index is -0.512. The van der Waals surface area contributed by atoms with Crippen LogP contribution in [0, 0.1) is 17.1 Å². The van der Waals surface area contributed by atoms with E-state index in [2.05, 4.69) is 14.9 Å². The van der Waals surface area contributed by atoms with E-state index in [1.165, 1.54) is 12.1 Å². The molecule has 1 heterocycles. The topological polar surface area (TPSA) is 78.7 Å². The third kappa shape index (κ3) is 2.97. The van der Waals surface area contributed by atoms with Gasteiger partial charge in [0.2, 0.25) is 0 Å². The van der Waals surface area contributed by atoms with E-state index >= 15 is 0 Å². The van der Waals surface area contributed by atoms with Crippen LogP contribution in [0.25, 0.3) is 0 Å². The van der Waals surface area contributed by atoms with Crippen molar-refractivity contribution in [2.24, 2.45) is 0 Å². The van der Waals surface area contributed by atoms with E-state index in [0.29, 0.717) is 22.6 Å². The average molecular weight is 290 g/mol. The van der Waals surface area contributed by atoms with Gasteiger partial charge >= 0.3 is 0 Å². The molecule has 0 atom stereocenters. The maximum absolute atomic E-state index is 13.7. The highest BCUT2D eigenvalue weighted by atomic mass is 32.1. The number of nitrogens with one attached hydrogen (secondary N) is 1. The van der Waals surface area contributed by atoms with Gasteiger partial charge in [-0.3, -0.25) is 4.79 Å². The fraction of sp³-hybridized carbons (Fsp3) is 0.231. The van der Waals surface area contributed by atoms with Crippen LogP contribution < -0.4 is 5.32 Å². The molecular formula is C13H11FN4OS. The molecule has 2 aromatic rings. The van der Waals surface area contributed by atoms with Gasteiger partial charge in [0.15, 0.2) is 0 Å². The summed E-state index contributed by atoms with van der Waals surface area (Å²) in [6, 6.07) is 6.00. The van der Waals surface area contributed by atoms with Crippen molar-refractivity contribution in [1.29, 1.82) is 5.26 Å². The highest BCUT2D eigenvalue weighted by Crippen LogP contribution is 2.13. The molecule has 0 fully saturated rings. The molecule has 1 N–H and O–H groups in total. The predicted octanol–water partition coefficient (Wildman–Crippen LogP) is 2.04. The molecule has 1 aromatic carbocycles. The molecule has 20 heavy (non-hydrogen) atoms. The lowest BCUT2D eigenvalue weighted by molar-refractivity contribution is 0.0953. The summed E-state index contributed by atoms with van der Waals surface area (Å²) < 4.78 is 17.4. The Morgan fingerprint density at radius 1 is 1.55 bits per heavy atom. The lowest BCUT2D eigenvalue weighted by atomic mass is 10.1. The number of rotatable bonds is 4. The smallest absolute Gasteiger partial charge is 0.265 e. The molecule has 0 aliphatic heterocycles. The molecule has 7 heteroatoms. The fourth-order valence-corrected chi connectivity index (χ4v) is 2.30. The minimum absolute atomic E-state index is 0.0530. The molecule has 0 aliphatic carbocycles. The lowest BCUT2D eigenvalue weighted by Gasteiger charge is -2.05. The molecule has 5 nitrogen and oxygen atoms in total. The number of aromatic nitrogens is 2. The van der Waals surface area contributed by atoms with Gasteiger partial charge < -0.3 is 5.32 Å². The zero-order chi connectivity index (χ0) is 14.5. The summed E-state index contributed by atoms with van der Waals surface area (Å²) in [5.74, 6) is -0.830. The van der Waals surface area contributed by atoms with Crippen LogP contribution in [0.5, 0.6) is 0 Å². The van der Waals surface area contributed by atoms with Crippen LogP contribution in [0.15, 0.2) is 18.2 Å². The number of hydrogen-bond acceptors (Lipinski definition) is 5. The summed E-state index contributed by atoms with van der Waals surface area (Å²) >= 11 is 1.02. The maximum Gasteiger partial charge on any atom is 0.265 e. The number of halogens is 1. The van der Waals surface area contributed by atoms with Crippen LogP contribution >= 0.6 is 11.5 Å². The van der Waals surface area contributed by atoms with E-state index in [1.807, 2.05) is 13.0 Å². The van der Waals surface area contributed by atoms with Gasteiger partial charge in [-0.25, -0.2) is 4.39 Å². The van der Waals surface area contributed by atoms with Gasteiger partial charge in [0.05, 0.1) is 17.3 Å². The molecule has 2 rings (SSSR count). The Balaban J connectivity index is 2.06. The van der Waals surface area contributed by atoms with Crippen molar-refractivity contribution in [3.63, 3.8) is 0 Å². The second-order valence-electron chi connectivity index (χ2n) is 4.00. The van der Waals surface area contributed by atoms with Gasteiger partial charge in [0.1, 0.15) is 10.7 Å². The molecule has 0 spiro atoms. The van der Waals surface area contributed by atoms with Gasteiger partial charge in [0.25, 0.3) is 5.91 Å². The molecule has 0 unspecified atom stereocenters. The van der Waals surface area contributed by atoms with Crippen molar-refractivity contribution in [2.45, 2.75) is 19.9 Å². The first-order valence-corrected chi connectivity index (χ1v) is 6.71. The third-order valence-electron chi connectivity index (χ3n) is 2.72. The van der Waals surface area contributed by atoms with E-state index in [1.54, 1.807) is 0 Å². The van der Waals surface area contributed by atoms with Gasteiger partial charge in [0, 0.05) is 12.1 Å². The second-order valence-corrected chi connectivity index (χ2v) is 4.76. The van der Waals surface area contributed by atoms with E-state index in [-0.39, 0.29) is 18.0 Å². The summed E-state index contributed by atoms with van der Waals surface area (Å²) in [7, 11) is 0. The molecule has 1 amide bonds. The summed E-state index contributed by atoms with van der Waals surface area (Å²) in [4.78, 5) is 12.4. The third-order valence-corrected chi connectivity index (χ3v) is 3.49. The number of hydrogen-bond donors (Lipinski definition) is 1. The average Bonchev–Trinajstić information content (AvgIpc) is 2.94. The monoisotopic (exact) mass is 290 g/mol. The summed E-state index contributed by atoms with van der Waals surface area (Å²) in [6.45, 7) is 1.94. The molecule has 0 saturated carbocycles. The van der Waals surface area contributed by atoms with E-state index < -0.39 is 5.82 Å². The van der Waals surface area contributed by atoms with Crippen molar-refractivity contribution < 1.29 is 9.18 Å². The van der Waals surface area contributed by atoms with E-state index in [9.17, 15) is 9.18 Å². The van der Waals surface area contributed by atoms with Crippen molar-refractivity contribution >= 4 is 17.4 Å². The largest absolute Gasteiger partial charge is 0.347 e. The Morgan fingerprint density at radius 3 is 3.00 bits per heavy atom. The SMILES string of the molecule is CCc1nnsc1C(=O)NCc1ccc(C#N)cc1F. The minimum Gasteiger partial charge on any atom is -0.347 e. The molecule has 0 aliphatic rings. The fourth-order valence-electron chi connectivity index (χ4n) is 1.63. The number of carbonyl (C=O) groups excluding carboxylic acids is 1. The number of benzene rings is 1. The van der Waals surface area contributed by atoms with Crippen molar-refractivity contribution in [3.8, 4) is 6.07 Å². The van der Waals surface area contributed by atoms with Crippen molar-refractivity contribution in [1.82, 2.24) is 14.9 Å². The standard InChI is InChI=1S/C13H11FN4OS/c1-2-11-12(20-18-17-11)13(19)16-7-9-4-3-8(6-15)5-10(9)14/h3-5H,2,7H2,1H3,(H,16,19). The first-order valence-electron chi connectivity index (χ1n) is 5.93. The van der Waals surface area contributed by atoms with Gasteiger partial charge in [-0.1, -0.05) is 17.5 Å². The lowest BCUT2D eigenvalue weighted by Crippen LogP contribution is -2.23. The summed E-state index contributed by atoms with van der Waals surface area (Å²) in [5, 5.41) is 15.1. The Kier molecular flexibility index (Phi) is 4.38. The van der Waals surface area contributed by atoms with E-state index in [0.717, 1.165) is 17.6 Å². The molecule has 1 aromatic heterocycles. The zero-order valence-corrected chi connectivity index (χ0v) is 11.5. The number of carbonyl (C=O) groups is 1. The molecular weight excluding hydrogens is 279 g/mol. The van der Waals surface area contributed by atoms with Crippen LogP contribution in [0.3, 0.4) is 0 Å². The van der Waals surface area contributed by atoms with E-state index in [4.69, 9.17) is 5.26 Å². The summed E-state index contributed by atoms with van der Waals surface area (Å²) in [5.41, 5.74) is 1.21. The van der Waals surface area contributed by atoms with Gasteiger partial charge in [-0.15, -0.1) is 5.10 Å². The van der Waals surface area contributed by atoms with Crippen LogP contribution in [-0.2, 0) is 13.0 Å².